The summed E-state index contributed by atoms with van der Waals surface area (Å²) in [5.41, 5.74) is 0. The molecule has 0 saturated carbocycles. The van der Waals surface area contributed by atoms with Crippen LogP contribution in [0.5, 0.6) is 0 Å². The number of hydrogen-bond donors (Lipinski definition) is 1. The highest BCUT2D eigenvalue weighted by Crippen LogP contribution is 2.05. The van der Waals surface area contributed by atoms with Crippen molar-refractivity contribution in [1.82, 2.24) is 5.32 Å². The summed E-state index contributed by atoms with van der Waals surface area (Å²) in [4.78, 5) is 10.9. The van der Waals surface area contributed by atoms with Crippen molar-refractivity contribution >= 4 is 5.91 Å². The third kappa shape index (κ3) is 1.57. The molecule has 1 unspecified atom stereocenters. The highest BCUT2D eigenvalue weighted by molar-refractivity contribution is 5.80. The monoisotopic (exact) mass is 141 g/mol. The standard InChI is InChI=1S/C7H11NO2/c1-8-7(9)6-4-2-3-5-10-6/h2-3,6H,4-5H2,1H3,(H,8,9). The molecule has 1 rings (SSSR count). The van der Waals surface area contributed by atoms with E-state index in [0.717, 1.165) is 0 Å². The van der Waals surface area contributed by atoms with Gasteiger partial charge < -0.3 is 10.1 Å². The summed E-state index contributed by atoms with van der Waals surface area (Å²) in [6, 6.07) is 0. The van der Waals surface area contributed by atoms with Gasteiger partial charge in [-0.3, -0.25) is 4.79 Å². The summed E-state index contributed by atoms with van der Waals surface area (Å²) in [6.07, 6.45) is 4.30. The van der Waals surface area contributed by atoms with Gasteiger partial charge in [0, 0.05) is 13.5 Å². The average Bonchev–Trinajstić information content (AvgIpc) is 2.05. The smallest absolute Gasteiger partial charge is 0.249 e. The summed E-state index contributed by atoms with van der Waals surface area (Å²) in [5, 5.41) is 2.54. The van der Waals surface area contributed by atoms with Crippen molar-refractivity contribution in [2.75, 3.05) is 13.7 Å². The molecule has 0 saturated heterocycles. The summed E-state index contributed by atoms with van der Waals surface area (Å²) < 4.78 is 5.13. The van der Waals surface area contributed by atoms with Crippen molar-refractivity contribution < 1.29 is 9.53 Å². The lowest BCUT2D eigenvalue weighted by molar-refractivity contribution is -0.131. The van der Waals surface area contributed by atoms with Crippen LogP contribution in [0.4, 0.5) is 0 Å². The average molecular weight is 141 g/mol. The summed E-state index contributed by atoms with van der Waals surface area (Å²) in [6.45, 7) is 0.554. The molecule has 56 valence electrons. The van der Waals surface area contributed by atoms with E-state index in [0.29, 0.717) is 13.0 Å². The van der Waals surface area contributed by atoms with Crippen molar-refractivity contribution in [2.24, 2.45) is 0 Å². The van der Waals surface area contributed by atoms with Gasteiger partial charge in [0.1, 0.15) is 6.10 Å². The molecule has 0 aliphatic carbocycles. The minimum atomic E-state index is -0.269. The van der Waals surface area contributed by atoms with Crippen LogP contribution in [0.1, 0.15) is 6.42 Å². The van der Waals surface area contributed by atoms with E-state index in [1.165, 1.54) is 0 Å². The zero-order valence-corrected chi connectivity index (χ0v) is 5.96. The van der Waals surface area contributed by atoms with Crippen LogP contribution in [-0.4, -0.2) is 25.7 Å². The first-order chi connectivity index (χ1) is 4.84. The third-order valence-corrected chi connectivity index (χ3v) is 1.45. The number of rotatable bonds is 1. The van der Waals surface area contributed by atoms with Gasteiger partial charge in [-0.1, -0.05) is 12.2 Å². The van der Waals surface area contributed by atoms with Crippen molar-refractivity contribution in [3.05, 3.63) is 12.2 Å². The van der Waals surface area contributed by atoms with E-state index in [1.54, 1.807) is 7.05 Å². The Kier molecular flexibility index (Phi) is 2.45. The first-order valence-corrected chi connectivity index (χ1v) is 3.33. The van der Waals surface area contributed by atoms with Gasteiger partial charge in [0.2, 0.25) is 5.91 Å². The molecule has 0 fully saturated rings. The largest absolute Gasteiger partial charge is 0.364 e. The lowest BCUT2D eigenvalue weighted by atomic mass is 10.2. The molecule has 3 heteroatoms. The van der Waals surface area contributed by atoms with Crippen molar-refractivity contribution in [2.45, 2.75) is 12.5 Å². The van der Waals surface area contributed by atoms with Crippen LogP contribution in [0.3, 0.4) is 0 Å². The van der Waals surface area contributed by atoms with Gasteiger partial charge in [-0.25, -0.2) is 0 Å². The van der Waals surface area contributed by atoms with E-state index in [2.05, 4.69) is 5.32 Å². The number of amides is 1. The summed E-state index contributed by atoms with van der Waals surface area (Å²) >= 11 is 0. The molecule has 0 bridgehead atoms. The summed E-state index contributed by atoms with van der Waals surface area (Å²) in [5.74, 6) is -0.0376. The van der Waals surface area contributed by atoms with Crippen LogP contribution >= 0.6 is 0 Å². The predicted octanol–water partition coefficient (Wildman–Crippen LogP) is 0.0775. The minimum absolute atomic E-state index is 0.0376. The molecule has 1 atom stereocenters. The van der Waals surface area contributed by atoms with Gasteiger partial charge in [0.05, 0.1) is 6.61 Å². The maximum atomic E-state index is 10.9. The normalized spacial score (nSPS) is 24.3. The SMILES string of the molecule is CNC(=O)C1CC=CCO1. The lowest BCUT2D eigenvalue weighted by Crippen LogP contribution is -2.34. The van der Waals surface area contributed by atoms with Gasteiger partial charge in [0.15, 0.2) is 0 Å². The molecule has 1 heterocycles. The lowest BCUT2D eigenvalue weighted by Gasteiger charge is -2.16. The fourth-order valence-electron chi connectivity index (χ4n) is 0.871. The Morgan fingerprint density at radius 3 is 3.00 bits per heavy atom. The molecule has 1 N–H and O–H groups in total. The van der Waals surface area contributed by atoms with Crippen LogP contribution in [0.2, 0.25) is 0 Å². The molecule has 0 radical (unpaired) electrons. The molecule has 0 aromatic rings. The number of ether oxygens (including phenoxy) is 1. The third-order valence-electron chi connectivity index (χ3n) is 1.45. The number of carbonyl (C=O) groups excluding carboxylic acids is 1. The predicted molar refractivity (Wildman–Crippen MR) is 37.6 cm³/mol. The van der Waals surface area contributed by atoms with Crippen LogP contribution < -0.4 is 5.32 Å². The number of nitrogens with one attached hydrogen (secondary N) is 1. The number of hydrogen-bond acceptors (Lipinski definition) is 2. The van der Waals surface area contributed by atoms with Gasteiger partial charge in [-0.15, -0.1) is 0 Å². The Morgan fingerprint density at radius 2 is 2.50 bits per heavy atom. The molecule has 0 spiro atoms. The first kappa shape index (κ1) is 7.28. The molecular weight excluding hydrogens is 130 g/mol. The van der Waals surface area contributed by atoms with Crippen molar-refractivity contribution in [3.63, 3.8) is 0 Å². The molecule has 3 nitrogen and oxygen atoms in total. The topological polar surface area (TPSA) is 38.3 Å². The Labute approximate surface area is 60.1 Å². The summed E-state index contributed by atoms with van der Waals surface area (Å²) in [7, 11) is 1.62. The molecule has 1 aliphatic rings. The molecule has 1 aliphatic heterocycles. The Hall–Kier alpha value is -0.830. The molecule has 0 aromatic heterocycles. The van der Waals surface area contributed by atoms with Crippen LogP contribution in [0, 0.1) is 0 Å². The van der Waals surface area contributed by atoms with Gasteiger partial charge in [-0.05, 0) is 0 Å². The second kappa shape index (κ2) is 3.37. The maximum absolute atomic E-state index is 10.9. The molecule has 1 amide bonds. The van der Waals surface area contributed by atoms with Gasteiger partial charge >= 0.3 is 0 Å². The Morgan fingerprint density at radius 1 is 1.70 bits per heavy atom. The van der Waals surface area contributed by atoms with E-state index in [1.807, 2.05) is 12.2 Å². The fourth-order valence-corrected chi connectivity index (χ4v) is 0.871. The second-order valence-corrected chi connectivity index (χ2v) is 2.14. The van der Waals surface area contributed by atoms with E-state index < -0.39 is 0 Å². The van der Waals surface area contributed by atoms with Gasteiger partial charge in [-0.2, -0.15) is 0 Å². The second-order valence-electron chi connectivity index (χ2n) is 2.14. The Bertz CT molecular complexity index is 154. The minimum Gasteiger partial charge on any atom is -0.364 e. The Balaban J connectivity index is 2.41. The number of carbonyl (C=O) groups is 1. The van der Waals surface area contributed by atoms with Crippen LogP contribution in [0.15, 0.2) is 12.2 Å². The van der Waals surface area contributed by atoms with E-state index in [4.69, 9.17) is 4.74 Å². The zero-order chi connectivity index (χ0) is 7.40. The molecular formula is C7H11NO2. The fraction of sp³-hybridized carbons (Fsp3) is 0.571. The van der Waals surface area contributed by atoms with Crippen LogP contribution in [-0.2, 0) is 9.53 Å². The highest BCUT2D eigenvalue weighted by atomic mass is 16.5. The van der Waals surface area contributed by atoms with Crippen molar-refractivity contribution in [1.29, 1.82) is 0 Å². The van der Waals surface area contributed by atoms with E-state index in [9.17, 15) is 4.79 Å². The van der Waals surface area contributed by atoms with E-state index >= 15 is 0 Å². The molecule has 0 aromatic carbocycles. The quantitative estimate of drug-likeness (QED) is 0.525. The first-order valence-electron chi connectivity index (χ1n) is 3.33. The van der Waals surface area contributed by atoms with Crippen LogP contribution in [0.25, 0.3) is 0 Å². The maximum Gasteiger partial charge on any atom is 0.249 e. The van der Waals surface area contributed by atoms with Crippen molar-refractivity contribution in [3.8, 4) is 0 Å². The van der Waals surface area contributed by atoms with Gasteiger partial charge in [0.25, 0.3) is 0 Å². The number of likely N-dealkylation sites (N-methyl/N-ethyl adjacent to an activating group) is 1. The zero-order valence-electron chi connectivity index (χ0n) is 5.96. The molecule has 10 heavy (non-hydrogen) atoms. The van der Waals surface area contributed by atoms with E-state index in [-0.39, 0.29) is 12.0 Å². The highest BCUT2D eigenvalue weighted by Gasteiger charge is 2.17.